The summed E-state index contributed by atoms with van der Waals surface area (Å²) in [6.07, 6.45) is 1.99. The number of amides is 1. The zero-order valence-electron chi connectivity index (χ0n) is 14.6. The molecule has 1 saturated heterocycles. The molecule has 2 atom stereocenters. The highest BCUT2D eigenvalue weighted by Gasteiger charge is 2.23. The number of carbonyl (C=O) groups excluding carboxylic acids is 1. The van der Waals surface area contributed by atoms with Crippen molar-refractivity contribution in [3.63, 3.8) is 0 Å². The Morgan fingerprint density at radius 1 is 1.20 bits per heavy atom. The number of benzene rings is 2. The Balaban J connectivity index is 0.00000225. The van der Waals surface area contributed by atoms with Crippen LogP contribution in [0.2, 0.25) is 0 Å². The number of halogens is 1. The van der Waals surface area contributed by atoms with Crippen molar-refractivity contribution >= 4 is 18.3 Å². The highest BCUT2D eigenvalue weighted by atomic mass is 35.5. The number of ether oxygens (including phenoxy) is 1. The number of hydrogen-bond acceptors (Lipinski definition) is 3. The van der Waals surface area contributed by atoms with Crippen molar-refractivity contribution in [1.82, 2.24) is 10.6 Å². The number of para-hydroxylation sites is 1. The molecule has 2 unspecified atom stereocenters. The van der Waals surface area contributed by atoms with E-state index in [2.05, 4.69) is 34.9 Å². The van der Waals surface area contributed by atoms with Crippen molar-refractivity contribution in [2.24, 2.45) is 0 Å². The van der Waals surface area contributed by atoms with Crippen LogP contribution in [0, 0.1) is 0 Å². The van der Waals surface area contributed by atoms with Gasteiger partial charge in [-0.25, -0.2) is 0 Å². The summed E-state index contributed by atoms with van der Waals surface area (Å²) in [6, 6.07) is 16.2. The molecule has 1 heterocycles. The molecule has 1 fully saturated rings. The Hall–Kier alpha value is -2.04. The van der Waals surface area contributed by atoms with Crippen LogP contribution in [0.15, 0.2) is 48.5 Å². The lowest BCUT2D eigenvalue weighted by Gasteiger charge is -2.18. The second-order valence-corrected chi connectivity index (χ2v) is 6.20. The van der Waals surface area contributed by atoms with E-state index in [1.807, 2.05) is 31.2 Å². The van der Waals surface area contributed by atoms with E-state index in [0.717, 1.165) is 41.8 Å². The van der Waals surface area contributed by atoms with Crippen LogP contribution in [-0.2, 0) is 4.79 Å². The van der Waals surface area contributed by atoms with Gasteiger partial charge >= 0.3 is 0 Å². The first-order chi connectivity index (χ1) is 11.7. The minimum atomic E-state index is -0.0414. The van der Waals surface area contributed by atoms with Crippen LogP contribution in [0.4, 0.5) is 0 Å². The molecule has 4 nitrogen and oxygen atoms in total. The SMILES string of the molecule is COc1ccccc1-c1ccc(C(C)NC(=O)C2CCCN2)cc1.Cl. The van der Waals surface area contributed by atoms with Gasteiger partial charge in [0, 0.05) is 5.56 Å². The summed E-state index contributed by atoms with van der Waals surface area (Å²) in [6.45, 7) is 2.95. The average Bonchev–Trinajstić information content (AvgIpc) is 3.16. The third kappa shape index (κ3) is 4.53. The van der Waals surface area contributed by atoms with Crippen molar-refractivity contribution in [2.75, 3.05) is 13.7 Å². The van der Waals surface area contributed by atoms with Gasteiger partial charge in [-0.1, -0.05) is 42.5 Å². The molecule has 1 aliphatic rings. The number of rotatable bonds is 5. The van der Waals surface area contributed by atoms with Crippen LogP contribution >= 0.6 is 12.4 Å². The third-order valence-electron chi connectivity index (χ3n) is 4.56. The summed E-state index contributed by atoms with van der Waals surface area (Å²) in [5.41, 5.74) is 3.27. The van der Waals surface area contributed by atoms with E-state index < -0.39 is 0 Å². The fourth-order valence-corrected chi connectivity index (χ4v) is 3.14. The smallest absolute Gasteiger partial charge is 0.237 e. The van der Waals surface area contributed by atoms with E-state index in [-0.39, 0.29) is 30.4 Å². The molecule has 134 valence electrons. The largest absolute Gasteiger partial charge is 0.496 e. The van der Waals surface area contributed by atoms with Crippen LogP contribution in [-0.4, -0.2) is 25.6 Å². The number of carbonyl (C=O) groups is 1. The molecule has 3 rings (SSSR count). The van der Waals surface area contributed by atoms with Gasteiger partial charge in [0.05, 0.1) is 19.2 Å². The summed E-state index contributed by atoms with van der Waals surface area (Å²) in [5, 5.41) is 6.32. The summed E-state index contributed by atoms with van der Waals surface area (Å²) in [4.78, 5) is 12.2. The predicted molar refractivity (Wildman–Crippen MR) is 103 cm³/mol. The molecule has 0 saturated carbocycles. The van der Waals surface area contributed by atoms with Crippen LogP contribution in [0.5, 0.6) is 5.75 Å². The fourth-order valence-electron chi connectivity index (χ4n) is 3.14. The highest BCUT2D eigenvalue weighted by Crippen LogP contribution is 2.30. The van der Waals surface area contributed by atoms with E-state index in [9.17, 15) is 4.79 Å². The summed E-state index contributed by atoms with van der Waals surface area (Å²) >= 11 is 0. The minimum Gasteiger partial charge on any atom is -0.496 e. The Bertz CT molecular complexity index is 697. The molecule has 25 heavy (non-hydrogen) atoms. The van der Waals surface area contributed by atoms with Gasteiger partial charge in [0.15, 0.2) is 0 Å². The summed E-state index contributed by atoms with van der Waals surface area (Å²) < 4.78 is 5.42. The van der Waals surface area contributed by atoms with E-state index in [4.69, 9.17) is 4.74 Å². The molecule has 0 spiro atoms. The molecule has 2 aromatic rings. The molecule has 2 N–H and O–H groups in total. The first-order valence-corrected chi connectivity index (χ1v) is 8.46. The maximum absolute atomic E-state index is 12.2. The lowest BCUT2D eigenvalue weighted by atomic mass is 10.0. The first-order valence-electron chi connectivity index (χ1n) is 8.46. The van der Waals surface area contributed by atoms with E-state index >= 15 is 0 Å². The second-order valence-electron chi connectivity index (χ2n) is 6.20. The van der Waals surface area contributed by atoms with Crippen molar-refractivity contribution in [2.45, 2.75) is 31.8 Å². The van der Waals surface area contributed by atoms with Gasteiger partial charge in [-0.3, -0.25) is 4.79 Å². The Kier molecular flexibility index (Phi) is 6.85. The molecule has 0 aromatic heterocycles. The van der Waals surface area contributed by atoms with Gasteiger partial charge in [0.25, 0.3) is 0 Å². The topological polar surface area (TPSA) is 50.4 Å². The molecule has 1 amide bonds. The maximum atomic E-state index is 12.2. The van der Waals surface area contributed by atoms with Gasteiger partial charge in [0.2, 0.25) is 5.91 Å². The standard InChI is InChI=1S/C20H24N2O2.ClH/c1-14(22-20(23)18-7-5-13-21-18)15-9-11-16(12-10-15)17-6-3-4-8-19(17)24-2;/h3-4,6,8-12,14,18,21H,5,7,13H2,1-2H3,(H,22,23);1H. The maximum Gasteiger partial charge on any atom is 0.237 e. The number of methoxy groups -OCH3 is 1. The Morgan fingerprint density at radius 2 is 1.92 bits per heavy atom. The van der Waals surface area contributed by atoms with Gasteiger partial charge in [-0.15, -0.1) is 12.4 Å². The summed E-state index contributed by atoms with van der Waals surface area (Å²) in [5.74, 6) is 0.952. The Morgan fingerprint density at radius 3 is 2.56 bits per heavy atom. The predicted octanol–water partition coefficient (Wildman–Crippen LogP) is 3.71. The van der Waals surface area contributed by atoms with Gasteiger partial charge in [0.1, 0.15) is 5.75 Å². The van der Waals surface area contributed by atoms with Crippen LogP contribution in [0.25, 0.3) is 11.1 Å². The lowest BCUT2D eigenvalue weighted by Crippen LogP contribution is -2.41. The molecular formula is C20H25ClN2O2. The fraction of sp³-hybridized carbons (Fsp3) is 0.350. The van der Waals surface area contributed by atoms with Crippen molar-refractivity contribution in [3.8, 4) is 16.9 Å². The monoisotopic (exact) mass is 360 g/mol. The van der Waals surface area contributed by atoms with E-state index in [1.54, 1.807) is 7.11 Å². The van der Waals surface area contributed by atoms with Crippen molar-refractivity contribution in [1.29, 1.82) is 0 Å². The summed E-state index contributed by atoms with van der Waals surface area (Å²) in [7, 11) is 1.68. The molecule has 0 aliphatic carbocycles. The molecule has 2 aromatic carbocycles. The minimum absolute atomic E-state index is 0. The molecule has 1 aliphatic heterocycles. The second kappa shape index (κ2) is 8.88. The highest BCUT2D eigenvalue weighted by molar-refractivity contribution is 5.85. The quantitative estimate of drug-likeness (QED) is 0.854. The number of hydrogen-bond donors (Lipinski definition) is 2. The molecule has 0 bridgehead atoms. The number of nitrogens with one attached hydrogen (secondary N) is 2. The van der Waals surface area contributed by atoms with Crippen LogP contribution in [0.1, 0.15) is 31.4 Å². The van der Waals surface area contributed by atoms with Crippen LogP contribution in [0.3, 0.4) is 0 Å². The van der Waals surface area contributed by atoms with Crippen molar-refractivity contribution < 1.29 is 9.53 Å². The lowest BCUT2D eigenvalue weighted by molar-refractivity contribution is -0.123. The van der Waals surface area contributed by atoms with E-state index in [0.29, 0.717) is 0 Å². The molecule has 5 heteroatoms. The first kappa shape index (κ1) is 19.3. The van der Waals surface area contributed by atoms with Gasteiger partial charge in [-0.2, -0.15) is 0 Å². The van der Waals surface area contributed by atoms with Gasteiger partial charge in [-0.05, 0) is 43.5 Å². The third-order valence-corrected chi connectivity index (χ3v) is 4.56. The van der Waals surface area contributed by atoms with Crippen LogP contribution < -0.4 is 15.4 Å². The van der Waals surface area contributed by atoms with Gasteiger partial charge < -0.3 is 15.4 Å². The molecular weight excluding hydrogens is 336 g/mol. The van der Waals surface area contributed by atoms with Crippen molar-refractivity contribution in [3.05, 3.63) is 54.1 Å². The zero-order chi connectivity index (χ0) is 16.9. The zero-order valence-corrected chi connectivity index (χ0v) is 15.4. The average molecular weight is 361 g/mol. The van der Waals surface area contributed by atoms with E-state index in [1.165, 1.54) is 0 Å². The normalized spacial score (nSPS) is 17.4. The molecule has 0 radical (unpaired) electrons. The Labute approximate surface area is 155 Å².